The molecule has 2 aromatic heterocycles. The van der Waals surface area contributed by atoms with Crippen molar-refractivity contribution in [2.24, 2.45) is 0 Å². The van der Waals surface area contributed by atoms with Gasteiger partial charge in [0.05, 0.1) is 13.3 Å². The summed E-state index contributed by atoms with van der Waals surface area (Å²) in [5.41, 5.74) is 1.21. The predicted octanol–water partition coefficient (Wildman–Crippen LogP) is 3.83. The van der Waals surface area contributed by atoms with Gasteiger partial charge < -0.3 is 10.1 Å². The van der Waals surface area contributed by atoms with Gasteiger partial charge in [-0.3, -0.25) is 4.98 Å². The molecule has 2 heterocycles. The van der Waals surface area contributed by atoms with Gasteiger partial charge >= 0.3 is 0 Å². The summed E-state index contributed by atoms with van der Waals surface area (Å²) in [6.07, 6.45) is 7.12. The zero-order valence-corrected chi connectivity index (χ0v) is 13.0. The minimum Gasteiger partial charge on any atom is -0.495 e. The third-order valence-electron chi connectivity index (χ3n) is 3.32. The molecule has 0 aliphatic heterocycles. The van der Waals surface area contributed by atoms with Crippen molar-refractivity contribution in [3.8, 4) is 5.75 Å². The normalized spacial score (nSPS) is 12.3. The van der Waals surface area contributed by atoms with Crippen LogP contribution in [-0.2, 0) is 6.42 Å². The van der Waals surface area contributed by atoms with E-state index < -0.39 is 0 Å². The van der Waals surface area contributed by atoms with Gasteiger partial charge in [0, 0.05) is 17.1 Å². The first-order valence-corrected chi connectivity index (χ1v) is 7.96. The molecule has 3 nitrogen and oxygen atoms in total. The first-order valence-electron chi connectivity index (χ1n) is 7.08. The SMILES string of the molecule is CCNC(CCCc1cccs1)c1cncc(OC)c1. The highest BCUT2D eigenvalue weighted by Gasteiger charge is 2.11. The first-order chi connectivity index (χ1) is 9.83. The zero-order valence-electron chi connectivity index (χ0n) is 12.1. The van der Waals surface area contributed by atoms with Crippen LogP contribution in [0, 0.1) is 0 Å². The van der Waals surface area contributed by atoms with Crippen LogP contribution in [0.1, 0.15) is 36.2 Å². The van der Waals surface area contributed by atoms with E-state index >= 15 is 0 Å². The third-order valence-corrected chi connectivity index (χ3v) is 4.26. The molecule has 20 heavy (non-hydrogen) atoms. The minimum atomic E-state index is 0.350. The van der Waals surface area contributed by atoms with E-state index in [0.29, 0.717) is 6.04 Å². The van der Waals surface area contributed by atoms with E-state index in [-0.39, 0.29) is 0 Å². The molecule has 0 saturated carbocycles. The number of ether oxygens (including phenoxy) is 1. The number of thiophene rings is 1. The lowest BCUT2D eigenvalue weighted by Gasteiger charge is -2.18. The Morgan fingerprint density at radius 3 is 3.00 bits per heavy atom. The Morgan fingerprint density at radius 2 is 2.30 bits per heavy atom. The van der Waals surface area contributed by atoms with Crippen molar-refractivity contribution < 1.29 is 4.74 Å². The van der Waals surface area contributed by atoms with E-state index in [4.69, 9.17) is 4.74 Å². The van der Waals surface area contributed by atoms with Crippen LogP contribution in [0.15, 0.2) is 36.0 Å². The molecule has 1 unspecified atom stereocenters. The van der Waals surface area contributed by atoms with Crippen LogP contribution < -0.4 is 10.1 Å². The van der Waals surface area contributed by atoms with Gasteiger partial charge in [-0.2, -0.15) is 0 Å². The summed E-state index contributed by atoms with van der Waals surface area (Å²) in [4.78, 5) is 5.72. The average molecular weight is 290 g/mol. The van der Waals surface area contributed by atoms with Gasteiger partial charge in [0.25, 0.3) is 0 Å². The lowest BCUT2D eigenvalue weighted by Crippen LogP contribution is -2.21. The van der Waals surface area contributed by atoms with Crippen molar-refractivity contribution in [3.63, 3.8) is 0 Å². The Kier molecular flexibility index (Phi) is 6.02. The number of rotatable bonds is 8. The molecular weight excluding hydrogens is 268 g/mol. The van der Waals surface area contributed by atoms with E-state index in [9.17, 15) is 0 Å². The summed E-state index contributed by atoms with van der Waals surface area (Å²) in [6.45, 7) is 3.10. The standard InChI is InChI=1S/C16H22N2OS/c1-3-18-16(8-4-6-15-7-5-9-20-15)13-10-14(19-2)12-17-11-13/h5,7,9-12,16,18H,3-4,6,8H2,1-2H3. The number of nitrogens with zero attached hydrogens (tertiary/aromatic N) is 1. The van der Waals surface area contributed by atoms with Crippen LogP contribution in [0.5, 0.6) is 5.75 Å². The zero-order chi connectivity index (χ0) is 14.2. The largest absolute Gasteiger partial charge is 0.495 e. The number of nitrogens with one attached hydrogen (secondary N) is 1. The van der Waals surface area contributed by atoms with E-state index in [0.717, 1.165) is 25.1 Å². The maximum Gasteiger partial charge on any atom is 0.137 e. The van der Waals surface area contributed by atoms with Gasteiger partial charge in [-0.05, 0) is 48.9 Å². The summed E-state index contributed by atoms with van der Waals surface area (Å²) in [7, 11) is 1.68. The molecule has 0 saturated heterocycles. The summed E-state index contributed by atoms with van der Waals surface area (Å²) in [6, 6.07) is 6.75. The second kappa shape index (κ2) is 8.02. The van der Waals surface area contributed by atoms with Gasteiger partial charge in [0.1, 0.15) is 5.75 Å². The Bertz CT molecular complexity index is 499. The van der Waals surface area contributed by atoms with Crippen LogP contribution in [0.2, 0.25) is 0 Å². The van der Waals surface area contributed by atoms with E-state index in [1.54, 1.807) is 13.3 Å². The van der Waals surface area contributed by atoms with E-state index in [2.05, 4.69) is 40.8 Å². The van der Waals surface area contributed by atoms with Gasteiger partial charge in [0.15, 0.2) is 0 Å². The average Bonchev–Trinajstić information content (AvgIpc) is 3.00. The molecule has 108 valence electrons. The fourth-order valence-electron chi connectivity index (χ4n) is 2.31. The molecule has 4 heteroatoms. The molecule has 0 spiro atoms. The smallest absolute Gasteiger partial charge is 0.137 e. The van der Waals surface area contributed by atoms with E-state index in [1.165, 1.54) is 16.9 Å². The quantitative estimate of drug-likeness (QED) is 0.802. The van der Waals surface area contributed by atoms with Crippen LogP contribution in [0.4, 0.5) is 0 Å². The number of hydrogen-bond acceptors (Lipinski definition) is 4. The topological polar surface area (TPSA) is 34.2 Å². The Balaban J connectivity index is 1.94. The molecule has 0 fully saturated rings. The van der Waals surface area contributed by atoms with Gasteiger partial charge in [0.2, 0.25) is 0 Å². The van der Waals surface area contributed by atoms with Crippen LogP contribution in [0.25, 0.3) is 0 Å². The van der Waals surface area contributed by atoms with E-state index in [1.807, 2.05) is 17.5 Å². The lowest BCUT2D eigenvalue weighted by atomic mass is 10.0. The summed E-state index contributed by atoms with van der Waals surface area (Å²) >= 11 is 1.84. The molecule has 0 aliphatic carbocycles. The van der Waals surface area contributed by atoms with Crippen molar-refractivity contribution in [3.05, 3.63) is 46.4 Å². The van der Waals surface area contributed by atoms with Crippen molar-refractivity contribution in [2.75, 3.05) is 13.7 Å². The summed E-state index contributed by atoms with van der Waals surface area (Å²) in [5.74, 6) is 0.823. The maximum absolute atomic E-state index is 5.26. The molecule has 0 aliphatic rings. The second-order valence-electron chi connectivity index (χ2n) is 4.74. The molecule has 1 N–H and O–H groups in total. The molecule has 0 aromatic carbocycles. The fraction of sp³-hybridized carbons (Fsp3) is 0.438. The monoisotopic (exact) mass is 290 g/mol. The highest BCUT2D eigenvalue weighted by atomic mass is 32.1. The van der Waals surface area contributed by atoms with Crippen molar-refractivity contribution in [1.29, 1.82) is 0 Å². The molecular formula is C16H22N2OS. The van der Waals surface area contributed by atoms with Crippen molar-refractivity contribution >= 4 is 11.3 Å². The third kappa shape index (κ3) is 4.32. The number of hydrogen-bond donors (Lipinski definition) is 1. The number of pyridine rings is 1. The second-order valence-corrected chi connectivity index (χ2v) is 5.77. The highest BCUT2D eigenvalue weighted by Crippen LogP contribution is 2.23. The van der Waals surface area contributed by atoms with Gasteiger partial charge in [-0.15, -0.1) is 11.3 Å². The molecule has 2 aromatic rings. The van der Waals surface area contributed by atoms with Crippen LogP contribution >= 0.6 is 11.3 Å². The fourth-order valence-corrected chi connectivity index (χ4v) is 3.06. The maximum atomic E-state index is 5.26. The Morgan fingerprint density at radius 1 is 1.40 bits per heavy atom. The number of methoxy groups -OCH3 is 1. The summed E-state index contributed by atoms with van der Waals surface area (Å²) < 4.78 is 5.26. The van der Waals surface area contributed by atoms with Crippen LogP contribution in [-0.4, -0.2) is 18.6 Å². The van der Waals surface area contributed by atoms with Crippen LogP contribution in [0.3, 0.4) is 0 Å². The first kappa shape index (κ1) is 15.0. The van der Waals surface area contributed by atoms with Gasteiger partial charge in [-0.1, -0.05) is 13.0 Å². The molecule has 0 bridgehead atoms. The Hall–Kier alpha value is -1.39. The molecule has 1 atom stereocenters. The predicted molar refractivity (Wildman–Crippen MR) is 84.5 cm³/mol. The Labute approximate surface area is 125 Å². The lowest BCUT2D eigenvalue weighted by molar-refractivity contribution is 0.410. The molecule has 2 rings (SSSR count). The molecule has 0 radical (unpaired) electrons. The van der Waals surface area contributed by atoms with Crippen molar-refractivity contribution in [1.82, 2.24) is 10.3 Å². The van der Waals surface area contributed by atoms with Crippen molar-refractivity contribution in [2.45, 2.75) is 32.2 Å². The minimum absolute atomic E-state index is 0.350. The number of aryl methyl sites for hydroxylation is 1. The number of aromatic nitrogens is 1. The highest BCUT2D eigenvalue weighted by molar-refractivity contribution is 7.09. The molecule has 0 amide bonds. The summed E-state index contributed by atoms with van der Waals surface area (Å²) in [5, 5.41) is 5.68. The van der Waals surface area contributed by atoms with Gasteiger partial charge in [-0.25, -0.2) is 0 Å².